The number of alkyl halides is 6. The van der Waals surface area contributed by atoms with E-state index in [1.54, 1.807) is 0 Å². The van der Waals surface area contributed by atoms with E-state index in [4.69, 9.17) is 4.74 Å². The molecule has 0 aromatic rings. The monoisotopic (exact) mass is 460 g/mol. The molecule has 1 N–H and O–H groups in total. The average Bonchev–Trinajstić information content (AvgIpc) is 3.37. The third-order valence-electron chi connectivity index (χ3n) is 6.73. The highest BCUT2D eigenvalue weighted by Gasteiger charge is 2.61. The van der Waals surface area contributed by atoms with E-state index < -0.39 is 24.5 Å². The van der Waals surface area contributed by atoms with Crippen LogP contribution < -0.4 is 5.32 Å². The summed E-state index contributed by atoms with van der Waals surface area (Å²) in [7, 11) is 0. The zero-order valence-electron chi connectivity index (χ0n) is 17.1. The van der Waals surface area contributed by atoms with Crippen LogP contribution in [-0.2, 0) is 14.3 Å². The Bertz CT molecular complexity index is 668. The smallest absolute Gasteiger partial charge is 0.426 e. The van der Waals surface area contributed by atoms with Gasteiger partial charge in [0.15, 0.2) is 0 Å². The van der Waals surface area contributed by atoms with Crippen LogP contribution in [0.4, 0.5) is 31.1 Å². The minimum absolute atomic E-state index is 0.0312. The van der Waals surface area contributed by atoms with E-state index in [1.165, 1.54) is 0 Å². The molecule has 0 aromatic heterocycles. The SMILES string of the molecule is CC1(CNC(=O)[C@H]2CC23CCN(C(=O)OC(C(F)(F)F)C(F)(F)F)CC3)CCOCC1. The second-order valence-electron chi connectivity index (χ2n) is 9.09. The van der Waals surface area contributed by atoms with E-state index in [0.717, 1.165) is 17.7 Å². The Labute approximate surface area is 175 Å². The van der Waals surface area contributed by atoms with Crippen molar-refractivity contribution in [1.29, 1.82) is 0 Å². The lowest BCUT2D eigenvalue weighted by atomic mass is 9.82. The van der Waals surface area contributed by atoms with Crippen molar-refractivity contribution in [1.82, 2.24) is 10.2 Å². The number of nitrogens with one attached hydrogen (secondary N) is 1. The zero-order chi connectivity index (χ0) is 23.1. The molecule has 0 unspecified atom stereocenters. The van der Waals surface area contributed by atoms with E-state index in [-0.39, 0.29) is 35.7 Å². The second kappa shape index (κ2) is 8.32. The minimum Gasteiger partial charge on any atom is -0.426 e. The molecular formula is C19H26F6N2O4. The Kier molecular flexibility index (Phi) is 6.43. The van der Waals surface area contributed by atoms with Gasteiger partial charge >= 0.3 is 18.4 Å². The van der Waals surface area contributed by atoms with Gasteiger partial charge in [0.1, 0.15) is 0 Å². The molecule has 1 saturated carbocycles. The van der Waals surface area contributed by atoms with Gasteiger partial charge in [0.25, 0.3) is 6.10 Å². The van der Waals surface area contributed by atoms with Gasteiger partial charge in [-0.15, -0.1) is 0 Å². The Hall–Kier alpha value is -1.72. The van der Waals surface area contributed by atoms with Gasteiger partial charge in [-0.3, -0.25) is 4.79 Å². The van der Waals surface area contributed by atoms with Crippen LogP contribution in [0.25, 0.3) is 0 Å². The van der Waals surface area contributed by atoms with Crippen molar-refractivity contribution in [3.63, 3.8) is 0 Å². The molecule has 0 bridgehead atoms. The van der Waals surface area contributed by atoms with E-state index in [0.29, 0.717) is 39.0 Å². The summed E-state index contributed by atoms with van der Waals surface area (Å²) in [6.07, 6.45) is -14.4. The molecule has 3 rings (SSSR count). The number of rotatable bonds is 4. The summed E-state index contributed by atoms with van der Waals surface area (Å²) in [6, 6.07) is 0. The second-order valence-corrected chi connectivity index (χ2v) is 9.09. The first-order valence-electron chi connectivity index (χ1n) is 10.2. The Morgan fingerprint density at radius 1 is 1.06 bits per heavy atom. The summed E-state index contributed by atoms with van der Waals surface area (Å²) in [4.78, 5) is 25.3. The zero-order valence-corrected chi connectivity index (χ0v) is 17.1. The van der Waals surface area contributed by atoms with Crippen LogP contribution in [0.1, 0.15) is 39.0 Å². The van der Waals surface area contributed by atoms with Gasteiger partial charge in [-0.05, 0) is 42.9 Å². The lowest BCUT2D eigenvalue weighted by Gasteiger charge is -2.34. The highest BCUT2D eigenvalue weighted by molar-refractivity contribution is 5.82. The molecule has 2 aliphatic heterocycles. The Morgan fingerprint density at radius 2 is 1.61 bits per heavy atom. The number of likely N-dealkylation sites (tertiary alicyclic amines) is 1. The van der Waals surface area contributed by atoms with Gasteiger partial charge in [0, 0.05) is 38.8 Å². The highest BCUT2D eigenvalue weighted by Crippen LogP contribution is 2.59. The van der Waals surface area contributed by atoms with Gasteiger partial charge < -0.3 is 19.7 Å². The van der Waals surface area contributed by atoms with E-state index >= 15 is 0 Å². The van der Waals surface area contributed by atoms with Gasteiger partial charge in [-0.1, -0.05) is 6.92 Å². The quantitative estimate of drug-likeness (QED) is 0.651. The van der Waals surface area contributed by atoms with Crippen molar-refractivity contribution < 1.29 is 45.4 Å². The molecule has 2 saturated heterocycles. The predicted molar refractivity (Wildman–Crippen MR) is 94.9 cm³/mol. The fourth-order valence-electron chi connectivity index (χ4n) is 4.36. The third-order valence-corrected chi connectivity index (χ3v) is 6.73. The van der Waals surface area contributed by atoms with E-state index in [2.05, 4.69) is 17.0 Å². The lowest BCUT2D eigenvalue weighted by Crippen LogP contribution is -2.49. The molecule has 3 fully saturated rings. The normalized spacial score (nSPS) is 25.4. The van der Waals surface area contributed by atoms with Crippen LogP contribution in [0.15, 0.2) is 0 Å². The molecule has 178 valence electrons. The number of piperidine rings is 1. The fourth-order valence-corrected chi connectivity index (χ4v) is 4.36. The van der Waals surface area contributed by atoms with Crippen LogP contribution >= 0.6 is 0 Å². The van der Waals surface area contributed by atoms with Crippen LogP contribution in [0.3, 0.4) is 0 Å². The maximum atomic E-state index is 12.6. The summed E-state index contributed by atoms with van der Waals surface area (Å²) in [5, 5.41) is 2.97. The number of ether oxygens (including phenoxy) is 2. The Morgan fingerprint density at radius 3 is 2.13 bits per heavy atom. The third kappa shape index (κ3) is 5.56. The number of nitrogens with zero attached hydrogens (tertiary/aromatic N) is 1. The summed E-state index contributed by atoms with van der Waals surface area (Å²) in [5.74, 6) is -0.356. The minimum atomic E-state index is -5.74. The van der Waals surface area contributed by atoms with Gasteiger partial charge in [-0.2, -0.15) is 26.3 Å². The first-order chi connectivity index (χ1) is 14.3. The number of hydrogen-bond acceptors (Lipinski definition) is 4. The summed E-state index contributed by atoms with van der Waals surface area (Å²) in [6.45, 7) is 3.79. The number of carbonyl (C=O) groups is 2. The average molecular weight is 460 g/mol. The summed E-state index contributed by atoms with van der Waals surface area (Å²) in [5.41, 5.74) is -0.387. The molecule has 1 spiro atoms. The van der Waals surface area contributed by atoms with Crippen LogP contribution in [0.5, 0.6) is 0 Å². The molecule has 0 aromatic carbocycles. The molecule has 0 radical (unpaired) electrons. The maximum absolute atomic E-state index is 12.6. The largest absolute Gasteiger partial charge is 0.434 e. The molecule has 2 heterocycles. The van der Waals surface area contributed by atoms with Crippen LogP contribution in [0, 0.1) is 16.7 Å². The summed E-state index contributed by atoms with van der Waals surface area (Å²) < 4.78 is 84.6. The number of hydrogen-bond donors (Lipinski definition) is 1. The van der Waals surface area contributed by atoms with Gasteiger partial charge in [0.05, 0.1) is 0 Å². The molecular weight excluding hydrogens is 434 g/mol. The number of amides is 2. The topological polar surface area (TPSA) is 67.9 Å². The van der Waals surface area contributed by atoms with E-state index in [9.17, 15) is 35.9 Å². The number of carbonyl (C=O) groups excluding carboxylic acids is 2. The molecule has 6 nitrogen and oxygen atoms in total. The number of halogens is 6. The first-order valence-corrected chi connectivity index (χ1v) is 10.2. The van der Waals surface area contributed by atoms with Crippen LogP contribution in [-0.4, -0.2) is 68.2 Å². The molecule has 12 heteroatoms. The van der Waals surface area contributed by atoms with Crippen molar-refractivity contribution in [2.24, 2.45) is 16.7 Å². The molecule has 1 atom stereocenters. The van der Waals surface area contributed by atoms with E-state index in [1.807, 2.05) is 0 Å². The fraction of sp³-hybridized carbons (Fsp3) is 0.895. The molecule has 1 aliphatic carbocycles. The van der Waals surface area contributed by atoms with Crippen molar-refractivity contribution in [2.75, 3.05) is 32.8 Å². The highest BCUT2D eigenvalue weighted by atomic mass is 19.4. The van der Waals surface area contributed by atoms with Crippen molar-refractivity contribution in [2.45, 2.75) is 57.5 Å². The first kappa shape index (κ1) is 23.9. The predicted octanol–water partition coefficient (Wildman–Crippen LogP) is 3.65. The van der Waals surface area contributed by atoms with Crippen molar-refractivity contribution >= 4 is 12.0 Å². The molecule has 3 aliphatic rings. The lowest BCUT2D eigenvalue weighted by molar-refractivity contribution is -0.308. The standard InChI is InChI=1S/C19H26F6N2O4/c1-16(4-8-30-9-5-16)11-26-13(28)12-10-17(12)2-6-27(7-3-17)15(29)31-14(18(20,21)22)19(23,24)25/h12,14H,2-11H2,1H3,(H,26,28)/t12-/m1/s1. The van der Waals surface area contributed by atoms with Crippen molar-refractivity contribution in [3.8, 4) is 0 Å². The summed E-state index contributed by atoms with van der Waals surface area (Å²) >= 11 is 0. The Balaban J connectivity index is 1.47. The maximum Gasteiger partial charge on any atom is 0.434 e. The van der Waals surface area contributed by atoms with Crippen LogP contribution in [0.2, 0.25) is 0 Å². The van der Waals surface area contributed by atoms with Gasteiger partial charge in [0.2, 0.25) is 5.91 Å². The van der Waals surface area contributed by atoms with Gasteiger partial charge in [-0.25, -0.2) is 4.79 Å². The molecule has 31 heavy (non-hydrogen) atoms. The van der Waals surface area contributed by atoms with Crippen molar-refractivity contribution in [3.05, 3.63) is 0 Å². The molecule has 2 amide bonds.